The Morgan fingerprint density at radius 2 is 2.00 bits per heavy atom. The van der Waals surface area contributed by atoms with Crippen LogP contribution in [0.3, 0.4) is 0 Å². The summed E-state index contributed by atoms with van der Waals surface area (Å²) in [4.78, 5) is 19.4. The number of rotatable bonds is 8. The molecule has 1 aliphatic rings. The molecule has 4 rings (SSSR count). The minimum Gasteiger partial charge on any atom is -0.497 e. The highest BCUT2D eigenvalue weighted by Crippen LogP contribution is 2.40. The maximum Gasteiger partial charge on any atom is 0.493 e. The van der Waals surface area contributed by atoms with Crippen LogP contribution in [-0.4, -0.2) is 52.1 Å². The number of methoxy groups -OCH3 is 1. The van der Waals surface area contributed by atoms with E-state index in [9.17, 15) is 27.6 Å². The number of aromatic nitrogens is 2. The van der Waals surface area contributed by atoms with E-state index in [0.29, 0.717) is 12.3 Å². The summed E-state index contributed by atoms with van der Waals surface area (Å²) in [6.07, 6.45) is -4.23. The van der Waals surface area contributed by atoms with Gasteiger partial charge in [0.25, 0.3) is 0 Å². The number of carbonyl (C=O) groups is 1. The van der Waals surface area contributed by atoms with Gasteiger partial charge in [0, 0.05) is 6.54 Å². The molecule has 12 nitrogen and oxygen atoms in total. The number of aliphatic imine (C=N–C) groups is 1. The number of nitrogens with zero attached hydrogens (tertiary/aromatic N) is 6. The van der Waals surface area contributed by atoms with Crippen LogP contribution in [-0.2, 0) is 16.2 Å². The van der Waals surface area contributed by atoms with Gasteiger partial charge >= 0.3 is 12.1 Å². The molecule has 2 unspecified atom stereocenters. The van der Waals surface area contributed by atoms with Crippen molar-refractivity contribution in [1.29, 1.82) is 5.26 Å². The fourth-order valence-electron chi connectivity index (χ4n) is 3.29. The zero-order valence-corrected chi connectivity index (χ0v) is 20.5. The first-order valence-electron chi connectivity index (χ1n) is 10.8. The van der Waals surface area contributed by atoms with Crippen molar-refractivity contribution >= 4 is 29.1 Å². The summed E-state index contributed by atoms with van der Waals surface area (Å²) in [5.74, 6) is -3.19. The molecule has 1 saturated heterocycles. The van der Waals surface area contributed by atoms with Crippen molar-refractivity contribution in [2.45, 2.75) is 18.9 Å². The van der Waals surface area contributed by atoms with E-state index in [2.05, 4.69) is 25.5 Å². The fraction of sp³-hybridized carbons (Fsp3) is 0.227. The first-order chi connectivity index (χ1) is 18.6. The molecule has 0 spiro atoms. The van der Waals surface area contributed by atoms with E-state index in [1.165, 1.54) is 10.0 Å². The molecule has 2 atom stereocenters. The molecule has 1 fully saturated rings. The van der Waals surface area contributed by atoms with Crippen LogP contribution in [0.15, 0.2) is 52.1 Å². The van der Waals surface area contributed by atoms with E-state index in [-0.39, 0.29) is 28.8 Å². The number of benzene rings is 2. The van der Waals surface area contributed by atoms with E-state index in [0.717, 1.165) is 23.8 Å². The van der Waals surface area contributed by atoms with E-state index in [4.69, 9.17) is 21.0 Å². The van der Waals surface area contributed by atoms with Crippen LogP contribution in [0.2, 0.25) is 5.02 Å². The van der Waals surface area contributed by atoms with Crippen LogP contribution in [0, 0.1) is 17.3 Å². The molecule has 2 N–H and O–H groups in total. The Bertz CT molecular complexity index is 1410. The molecule has 1 aliphatic heterocycles. The van der Waals surface area contributed by atoms with E-state index in [1.54, 1.807) is 24.7 Å². The lowest BCUT2D eigenvalue weighted by Crippen LogP contribution is -2.35. The smallest absolute Gasteiger partial charge is 0.493 e. The topological polar surface area (TPSA) is 141 Å². The van der Waals surface area contributed by atoms with Crippen molar-refractivity contribution in [3.8, 4) is 11.9 Å². The molecule has 0 amide bonds. The molecule has 0 bridgehead atoms. The Balaban J connectivity index is 1.54. The molecule has 3 aromatic rings. The number of hydrazine groups is 1. The minimum absolute atomic E-state index is 0.0353. The van der Waals surface area contributed by atoms with Gasteiger partial charge < -0.3 is 9.57 Å². The second kappa shape index (κ2) is 11.5. The van der Waals surface area contributed by atoms with Crippen LogP contribution in [0.5, 0.6) is 5.75 Å². The maximum absolute atomic E-state index is 13.6. The van der Waals surface area contributed by atoms with Crippen molar-refractivity contribution in [2.24, 2.45) is 4.99 Å². The number of amidine groups is 1. The van der Waals surface area contributed by atoms with Gasteiger partial charge in [-0.05, 0) is 41.1 Å². The zero-order valence-electron chi connectivity index (χ0n) is 19.7. The molecule has 0 radical (unpaired) electrons. The third-order valence-electron chi connectivity index (χ3n) is 5.20. The number of halogens is 5. The van der Waals surface area contributed by atoms with Gasteiger partial charge in [-0.3, -0.25) is 5.32 Å². The first-order valence-corrected chi connectivity index (χ1v) is 11.2. The number of nitriles is 1. The molecule has 1 aromatic heterocycles. The lowest BCUT2D eigenvalue weighted by atomic mass is 10.2. The number of carbonyl (C=O) groups excluding carboxylic acids is 1. The first kappa shape index (κ1) is 27.6. The second-order valence-electron chi connectivity index (χ2n) is 7.74. The number of alkyl halides is 3. The minimum atomic E-state index is -5.32. The van der Waals surface area contributed by atoms with Crippen molar-refractivity contribution in [1.82, 2.24) is 31.1 Å². The Morgan fingerprint density at radius 1 is 1.26 bits per heavy atom. The molecule has 2 aromatic carbocycles. The summed E-state index contributed by atoms with van der Waals surface area (Å²) in [5.41, 5.74) is 2.37. The molecular formula is C22H17ClF4N8O4. The molecular weight excluding hydrogens is 552 g/mol. The third kappa shape index (κ3) is 6.52. The Kier molecular flexibility index (Phi) is 8.14. The van der Waals surface area contributed by atoms with Gasteiger partial charge in [0.2, 0.25) is 0 Å². The van der Waals surface area contributed by atoms with E-state index >= 15 is 0 Å². The van der Waals surface area contributed by atoms with Crippen molar-refractivity contribution < 1.29 is 36.6 Å². The van der Waals surface area contributed by atoms with Gasteiger partial charge in [-0.15, -0.1) is 0 Å². The predicted octanol–water partition coefficient (Wildman–Crippen LogP) is 3.32. The Labute approximate surface area is 222 Å². The zero-order chi connectivity index (χ0) is 28.2. The molecule has 2 heterocycles. The van der Waals surface area contributed by atoms with Crippen molar-refractivity contribution in [2.75, 3.05) is 13.8 Å². The van der Waals surface area contributed by atoms with Crippen molar-refractivity contribution in [3.63, 3.8) is 0 Å². The summed E-state index contributed by atoms with van der Waals surface area (Å²) >= 11 is 5.76. The Hall–Kier alpha value is -4.46. The fourth-order valence-corrected chi connectivity index (χ4v) is 3.46. The number of hydrogen-bond donors (Lipinski definition) is 2. The second-order valence-corrected chi connectivity index (χ2v) is 8.14. The molecule has 39 heavy (non-hydrogen) atoms. The van der Waals surface area contributed by atoms with Gasteiger partial charge in [-0.25, -0.2) is 23.8 Å². The SMILES string of the molecule is COc1ccc(CNCN2C(c3nonc3C(=Nc3ccc(F)c(Cl)c3)NOC(=O)C(F)(F)F)N2C#N)cc1. The molecule has 204 valence electrons. The quantitative estimate of drug-likeness (QED) is 0.103. The standard InChI is InChI=1S/C22H17ClF4N8O4/c1-37-14-5-2-12(3-6-14)9-29-11-35-20(34(35)10-28)18-17(31-39-32-18)19(33-38-21(36)22(25,26)27)30-13-4-7-16(24)15(23)8-13/h2-8,20,29H,9,11H2,1H3,(H,30,33). The number of nitrogens with one attached hydrogen (secondary N) is 2. The van der Waals surface area contributed by atoms with Gasteiger partial charge in [-0.1, -0.05) is 28.9 Å². The molecule has 17 heteroatoms. The lowest BCUT2D eigenvalue weighted by molar-refractivity contribution is -0.203. The number of ether oxygens (including phenoxy) is 1. The average Bonchev–Trinajstić information content (AvgIpc) is 3.38. The summed E-state index contributed by atoms with van der Waals surface area (Å²) in [6, 6.07) is 10.5. The normalized spacial score (nSPS) is 16.9. The van der Waals surface area contributed by atoms with Gasteiger partial charge in [-0.2, -0.15) is 28.9 Å². The lowest BCUT2D eigenvalue weighted by Gasteiger charge is -2.10. The van der Waals surface area contributed by atoms with Crippen LogP contribution in [0.25, 0.3) is 0 Å². The summed E-state index contributed by atoms with van der Waals surface area (Å²) in [7, 11) is 1.55. The van der Waals surface area contributed by atoms with Crippen LogP contribution >= 0.6 is 11.6 Å². The highest BCUT2D eigenvalue weighted by molar-refractivity contribution is 6.31. The van der Waals surface area contributed by atoms with Crippen LogP contribution in [0.1, 0.15) is 23.1 Å². The number of hydroxylamine groups is 1. The maximum atomic E-state index is 13.6. The molecule has 0 aliphatic carbocycles. The molecule has 0 saturated carbocycles. The monoisotopic (exact) mass is 568 g/mol. The third-order valence-corrected chi connectivity index (χ3v) is 5.49. The predicted molar refractivity (Wildman–Crippen MR) is 124 cm³/mol. The highest BCUT2D eigenvalue weighted by atomic mass is 35.5. The Morgan fingerprint density at radius 3 is 2.64 bits per heavy atom. The van der Waals surface area contributed by atoms with Gasteiger partial charge in [0.1, 0.15) is 11.6 Å². The van der Waals surface area contributed by atoms with Crippen molar-refractivity contribution in [3.05, 3.63) is 70.3 Å². The van der Waals surface area contributed by atoms with Gasteiger partial charge in [0.15, 0.2) is 29.6 Å². The van der Waals surface area contributed by atoms with Gasteiger partial charge in [0.05, 0.1) is 24.5 Å². The van der Waals surface area contributed by atoms with E-state index in [1.807, 2.05) is 18.3 Å². The van der Waals surface area contributed by atoms with Crippen LogP contribution in [0.4, 0.5) is 23.2 Å². The van der Waals surface area contributed by atoms with Crippen LogP contribution < -0.4 is 15.5 Å². The largest absolute Gasteiger partial charge is 0.497 e. The summed E-state index contributed by atoms with van der Waals surface area (Å²) in [5, 5.41) is 22.4. The average molecular weight is 569 g/mol. The summed E-state index contributed by atoms with van der Waals surface area (Å²) in [6.45, 7) is 0.594. The van der Waals surface area contributed by atoms with E-state index < -0.39 is 30.0 Å². The number of hydrogen-bond acceptors (Lipinski definition) is 11. The highest BCUT2D eigenvalue weighted by Gasteiger charge is 2.50. The summed E-state index contributed by atoms with van der Waals surface area (Å²) < 4.78 is 61.5.